The Balaban J connectivity index is 2.90. The molecule has 1 heterocycles. The Morgan fingerprint density at radius 3 is 2.60 bits per heavy atom. The van der Waals surface area contributed by atoms with Crippen molar-refractivity contribution in [2.75, 3.05) is 0 Å². The van der Waals surface area contributed by atoms with Gasteiger partial charge in [0.05, 0.1) is 4.34 Å². The molecule has 1 rings (SSSR count). The van der Waals surface area contributed by atoms with Gasteiger partial charge in [-0.25, -0.2) is 8.42 Å². The Labute approximate surface area is 95.7 Å². The zero-order valence-electron chi connectivity index (χ0n) is 7.60. The number of hydrogen-bond donors (Lipinski definition) is 2. The van der Waals surface area contributed by atoms with Crippen LogP contribution in [0.2, 0.25) is 4.34 Å². The second-order valence-electron chi connectivity index (χ2n) is 2.74. The van der Waals surface area contributed by atoms with Gasteiger partial charge in [0.15, 0.2) is 0 Å². The van der Waals surface area contributed by atoms with Crippen molar-refractivity contribution in [3.63, 3.8) is 0 Å². The van der Waals surface area contributed by atoms with Crippen LogP contribution in [0.25, 0.3) is 0 Å². The first-order valence-electron chi connectivity index (χ1n) is 3.83. The molecule has 0 spiro atoms. The van der Waals surface area contributed by atoms with Crippen molar-refractivity contribution in [1.82, 2.24) is 4.72 Å². The molecule has 0 aliphatic rings. The van der Waals surface area contributed by atoms with Crippen molar-refractivity contribution in [2.24, 2.45) is 0 Å². The van der Waals surface area contributed by atoms with Crippen molar-refractivity contribution in [3.8, 4) is 0 Å². The lowest BCUT2D eigenvalue weighted by molar-refractivity contribution is -0.138. The predicted octanol–water partition coefficient (Wildman–Crippen LogP) is 1.15. The first-order chi connectivity index (χ1) is 6.83. The number of halogens is 1. The normalized spacial score (nSPS) is 13.7. The van der Waals surface area contributed by atoms with Gasteiger partial charge in [-0.15, -0.1) is 11.3 Å². The predicted molar refractivity (Wildman–Crippen MR) is 56.7 cm³/mol. The number of carboxylic acid groups (broad SMARTS) is 1. The van der Waals surface area contributed by atoms with Crippen molar-refractivity contribution in [1.29, 1.82) is 0 Å². The monoisotopic (exact) mass is 269 g/mol. The van der Waals surface area contributed by atoms with Gasteiger partial charge in [-0.05, 0) is 19.1 Å². The van der Waals surface area contributed by atoms with Crippen LogP contribution in [0.15, 0.2) is 16.3 Å². The van der Waals surface area contributed by atoms with Crippen molar-refractivity contribution in [3.05, 3.63) is 16.5 Å². The lowest BCUT2D eigenvalue weighted by atomic mass is 10.4. The maximum atomic E-state index is 11.5. The zero-order chi connectivity index (χ0) is 11.6. The van der Waals surface area contributed by atoms with Gasteiger partial charge in [0.2, 0.25) is 0 Å². The molecule has 1 atom stereocenters. The molecule has 0 fully saturated rings. The Hall–Kier alpha value is -0.630. The molecule has 0 amide bonds. The van der Waals surface area contributed by atoms with E-state index in [1.165, 1.54) is 19.1 Å². The van der Waals surface area contributed by atoms with E-state index in [4.69, 9.17) is 16.7 Å². The molecule has 84 valence electrons. The molecule has 1 aromatic heterocycles. The van der Waals surface area contributed by atoms with Gasteiger partial charge < -0.3 is 5.11 Å². The maximum absolute atomic E-state index is 11.5. The summed E-state index contributed by atoms with van der Waals surface area (Å²) in [5.74, 6) is -1.23. The summed E-state index contributed by atoms with van der Waals surface area (Å²) in [5, 5.41) is 8.55. The fourth-order valence-electron chi connectivity index (χ4n) is 0.783. The van der Waals surface area contributed by atoms with Gasteiger partial charge in [-0.3, -0.25) is 4.79 Å². The number of nitrogens with one attached hydrogen (secondary N) is 1. The van der Waals surface area contributed by atoms with Crippen LogP contribution in [-0.2, 0) is 14.8 Å². The van der Waals surface area contributed by atoms with Gasteiger partial charge in [0.1, 0.15) is 10.3 Å². The average molecular weight is 270 g/mol. The Bertz CT molecular complexity index is 467. The van der Waals surface area contributed by atoms with Crippen LogP contribution < -0.4 is 4.72 Å². The van der Waals surface area contributed by atoms with Crippen molar-refractivity contribution >= 4 is 38.9 Å². The maximum Gasteiger partial charge on any atom is 0.321 e. The molecule has 0 aromatic carbocycles. The van der Waals surface area contributed by atoms with E-state index in [1.54, 1.807) is 0 Å². The number of thiophene rings is 1. The highest BCUT2D eigenvalue weighted by atomic mass is 35.5. The van der Waals surface area contributed by atoms with Crippen LogP contribution in [0.4, 0.5) is 0 Å². The molecule has 0 radical (unpaired) electrons. The summed E-state index contributed by atoms with van der Waals surface area (Å²) in [5.41, 5.74) is 0. The molecule has 15 heavy (non-hydrogen) atoms. The van der Waals surface area contributed by atoms with Crippen LogP contribution in [-0.4, -0.2) is 25.5 Å². The minimum Gasteiger partial charge on any atom is -0.480 e. The van der Waals surface area contributed by atoms with Gasteiger partial charge in [-0.1, -0.05) is 11.6 Å². The number of carboxylic acids is 1. The van der Waals surface area contributed by atoms with E-state index < -0.39 is 22.0 Å². The minimum atomic E-state index is -3.78. The van der Waals surface area contributed by atoms with Gasteiger partial charge in [0.25, 0.3) is 10.0 Å². The van der Waals surface area contributed by atoms with Gasteiger partial charge in [-0.2, -0.15) is 4.72 Å². The number of hydrogen-bond acceptors (Lipinski definition) is 4. The molecule has 0 aliphatic heterocycles. The first kappa shape index (κ1) is 12.4. The second-order valence-corrected chi connectivity index (χ2v) is 6.40. The summed E-state index contributed by atoms with van der Waals surface area (Å²) in [6, 6.07) is 1.59. The topological polar surface area (TPSA) is 83.5 Å². The average Bonchev–Trinajstić information content (AvgIpc) is 2.51. The molecule has 0 unspecified atom stereocenters. The van der Waals surface area contributed by atoms with Gasteiger partial charge >= 0.3 is 5.97 Å². The summed E-state index contributed by atoms with van der Waals surface area (Å²) < 4.78 is 25.4. The zero-order valence-corrected chi connectivity index (χ0v) is 9.99. The molecular weight excluding hydrogens is 262 g/mol. The highest BCUT2D eigenvalue weighted by Gasteiger charge is 2.22. The van der Waals surface area contributed by atoms with E-state index >= 15 is 0 Å². The standard InChI is InChI=1S/C7H8ClNO4S2/c1-4(7(10)11)9-15(12,13)6-3-2-5(8)14-6/h2-4,9H,1H3,(H,10,11)/t4-/m1/s1. The number of aliphatic carboxylic acids is 1. The number of sulfonamides is 1. The highest BCUT2D eigenvalue weighted by Crippen LogP contribution is 2.25. The van der Waals surface area contributed by atoms with Crippen molar-refractivity contribution < 1.29 is 18.3 Å². The summed E-state index contributed by atoms with van der Waals surface area (Å²) in [6.45, 7) is 1.25. The summed E-state index contributed by atoms with van der Waals surface area (Å²) in [4.78, 5) is 10.5. The Kier molecular flexibility index (Phi) is 3.72. The fraction of sp³-hybridized carbons (Fsp3) is 0.286. The smallest absolute Gasteiger partial charge is 0.321 e. The van der Waals surface area contributed by atoms with Crippen LogP contribution in [0.1, 0.15) is 6.92 Å². The molecule has 1 aromatic rings. The van der Waals surface area contributed by atoms with E-state index in [-0.39, 0.29) is 4.21 Å². The Morgan fingerprint density at radius 1 is 1.60 bits per heavy atom. The third kappa shape index (κ3) is 3.16. The summed E-state index contributed by atoms with van der Waals surface area (Å²) in [7, 11) is -3.78. The molecule has 2 N–H and O–H groups in total. The first-order valence-corrected chi connectivity index (χ1v) is 6.51. The summed E-state index contributed by atoms with van der Waals surface area (Å²) in [6.07, 6.45) is 0. The van der Waals surface area contributed by atoms with E-state index in [2.05, 4.69) is 0 Å². The third-order valence-electron chi connectivity index (χ3n) is 1.52. The Morgan fingerprint density at radius 2 is 2.20 bits per heavy atom. The lowest BCUT2D eigenvalue weighted by Crippen LogP contribution is -2.37. The third-order valence-corrected chi connectivity index (χ3v) is 4.78. The molecule has 5 nitrogen and oxygen atoms in total. The van der Waals surface area contributed by atoms with E-state index in [0.29, 0.717) is 4.34 Å². The molecular formula is C7H8ClNO4S2. The van der Waals surface area contributed by atoms with E-state index in [1.807, 2.05) is 4.72 Å². The fourth-order valence-corrected chi connectivity index (χ4v) is 3.48. The SMILES string of the molecule is C[C@@H](NS(=O)(=O)c1ccc(Cl)s1)C(=O)O. The molecule has 8 heteroatoms. The summed E-state index contributed by atoms with van der Waals surface area (Å²) >= 11 is 6.45. The molecule has 0 aliphatic carbocycles. The largest absolute Gasteiger partial charge is 0.480 e. The molecule has 0 saturated carbocycles. The van der Waals surface area contributed by atoms with Gasteiger partial charge in [0, 0.05) is 0 Å². The minimum absolute atomic E-state index is 0.000556. The van der Waals surface area contributed by atoms with Crippen LogP contribution in [0.5, 0.6) is 0 Å². The number of rotatable bonds is 4. The van der Waals surface area contributed by atoms with Crippen molar-refractivity contribution in [2.45, 2.75) is 17.2 Å². The molecule has 0 saturated heterocycles. The van der Waals surface area contributed by atoms with Crippen LogP contribution in [0.3, 0.4) is 0 Å². The highest BCUT2D eigenvalue weighted by molar-refractivity contribution is 7.91. The quantitative estimate of drug-likeness (QED) is 0.859. The lowest BCUT2D eigenvalue weighted by Gasteiger charge is -2.07. The second kappa shape index (κ2) is 4.48. The van der Waals surface area contributed by atoms with E-state index in [9.17, 15) is 13.2 Å². The van der Waals surface area contributed by atoms with E-state index in [0.717, 1.165) is 11.3 Å². The number of carbonyl (C=O) groups is 1. The molecule has 0 bridgehead atoms. The van der Waals surface area contributed by atoms with Crippen LogP contribution >= 0.6 is 22.9 Å². The van der Waals surface area contributed by atoms with Crippen LogP contribution in [0, 0.1) is 0 Å².